The van der Waals surface area contributed by atoms with Crippen LogP contribution in [0.3, 0.4) is 0 Å². The van der Waals surface area contributed by atoms with Crippen LogP contribution in [0, 0.1) is 39.4 Å². The monoisotopic (exact) mass is 186 g/mol. The molecule has 0 spiro atoms. The molecule has 1 N–H and O–H groups in total. The molecule has 68 valence electrons. The summed E-state index contributed by atoms with van der Waals surface area (Å²) in [7, 11) is 0. The lowest BCUT2D eigenvalue weighted by molar-refractivity contribution is 0.239. The molecule has 0 bridgehead atoms. The highest BCUT2D eigenvalue weighted by molar-refractivity contribution is 5.69. The second-order valence-corrected chi connectivity index (χ2v) is 1.97. The molecule has 14 heavy (non-hydrogen) atoms. The number of nitrogens with zero attached hydrogens (tertiary/aromatic N) is 3. The van der Waals surface area contributed by atoms with Crippen LogP contribution in [0.15, 0.2) is 16.9 Å². The Bertz CT molecular complexity index is 405. The highest BCUT2D eigenvalue weighted by atomic mass is 16.5. The SMILES string of the molecule is CCOC(C(=C=N)C#N)=C(C#N)C#N. The smallest absolute Gasteiger partial charge is 0.174 e. The summed E-state index contributed by atoms with van der Waals surface area (Å²) >= 11 is 0. The Kier molecular flexibility index (Phi) is 4.94. The summed E-state index contributed by atoms with van der Waals surface area (Å²) in [4.78, 5) is 0. The van der Waals surface area contributed by atoms with E-state index in [4.69, 9.17) is 25.9 Å². The van der Waals surface area contributed by atoms with Gasteiger partial charge in [-0.25, -0.2) is 0 Å². The maximum absolute atomic E-state index is 8.56. The molecule has 0 heterocycles. The van der Waals surface area contributed by atoms with Crippen molar-refractivity contribution in [2.45, 2.75) is 6.92 Å². The number of hydrogen-bond acceptors (Lipinski definition) is 5. The number of hydrogen-bond donors (Lipinski definition) is 1. The molecule has 0 aliphatic heterocycles. The van der Waals surface area contributed by atoms with Crippen molar-refractivity contribution < 1.29 is 4.74 Å². The third kappa shape index (κ3) is 2.50. The zero-order valence-electron chi connectivity index (χ0n) is 7.46. The Hall–Kier alpha value is -2.54. The van der Waals surface area contributed by atoms with Crippen LogP contribution in [-0.4, -0.2) is 12.5 Å². The average Bonchev–Trinajstić information content (AvgIpc) is 2.21. The van der Waals surface area contributed by atoms with Gasteiger partial charge in [-0.15, -0.1) is 0 Å². The highest BCUT2D eigenvalue weighted by Gasteiger charge is 2.12. The van der Waals surface area contributed by atoms with E-state index in [2.05, 4.69) is 0 Å². The first-order chi connectivity index (χ1) is 6.74. The van der Waals surface area contributed by atoms with Crippen LogP contribution in [0.25, 0.3) is 0 Å². The first-order valence-corrected chi connectivity index (χ1v) is 3.62. The molecule has 0 saturated heterocycles. The number of allylic oxidation sites excluding steroid dienone is 2. The molecule has 5 nitrogen and oxygen atoms in total. The molecule has 0 rings (SSSR count). The fourth-order valence-corrected chi connectivity index (χ4v) is 0.676. The van der Waals surface area contributed by atoms with Gasteiger partial charge in [0.05, 0.1) is 6.61 Å². The highest BCUT2D eigenvalue weighted by Crippen LogP contribution is 2.12. The number of nitriles is 3. The van der Waals surface area contributed by atoms with Gasteiger partial charge in [0, 0.05) is 5.87 Å². The van der Waals surface area contributed by atoms with Crippen molar-refractivity contribution in [3.63, 3.8) is 0 Å². The van der Waals surface area contributed by atoms with Crippen molar-refractivity contribution in [3.05, 3.63) is 16.9 Å². The summed E-state index contributed by atoms with van der Waals surface area (Å²) in [5.41, 5.74) is -0.590. The van der Waals surface area contributed by atoms with Gasteiger partial charge in [0.25, 0.3) is 0 Å². The summed E-state index contributed by atoms with van der Waals surface area (Å²) < 4.78 is 4.92. The summed E-state index contributed by atoms with van der Waals surface area (Å²) in [5.74, 6) is 1.62. The molecule has 0 aromatic heterocycles. The molecule has 0 aromatic rings. The van der Waals surface area contributed by atoms with Crippen LogP contribution in [-0.2, 0) is 4.74 Å². The van der Waals surface area contributed by atoms with Crippen LogP contribution in [0.5, 0.6) is 0 Å². The lowest BCUT2D eigenvalue weighted by Gasteiger charge is -2.03. The van der Waals surface area contributed by atoms with Crippen LogP contribution in [0.1, 0.15) is 6.92 Å². The van der Waals surface area contributed by atoms with Crippen LogP contribution < -0.4 is 0 Å². The van der Waals surface area contributed by atoms with Gasteiger partial charge >= 0.3 is 0 Å². The summed E-state index contributed by atoms with van der Waals surface area (Å²) in [6.07, 6.45) is 0. The Morgan fingerprint density at radius 1 is 1.21 bits per heavy atom. The fourth-order valence-electron chi connectivity index (χ4n) is 0.676. The Labute approximate surface area is 81.3 Å². The zero-order chi connectivity index (χ0) is 11.0. The first-order valence-electron chi connectivity index (χ1n) is 3.62. The molecular weight excluding hydrogens is 180 g/mol. The van der Waals surface area contributed by atoms with E-state index in [0.717, 1.165) is 0 Å². The summed E-state index contributed by atoms with van der Waals surface area (Å²) in [5, 5.41) is 32.4. The van der Waals surface area contributed by atoms with Gasteiger partial charge in [-0.2, -0.15) is 15.8 Å². The third-order valence-electron chi connectivity index (χ3n) is 1.20. The topological polar surface area (TPSA) is 104 Å². The van der Waals surface area contributed by atoms with Crippen molar-refractivity contribution in [2.24, 2.45) is 0 Å². The number of nitrogens with one attached hydrogen (secondary N) is 1. The Morgan fingerprint density at radius 3 is 2.07 bits per heavy atom. The van der Waals surface area contributed by atoms with E-state index in [1.165, 1.54) is 0 Å². The molecule has 0 amide bonds. The average molecular weight is 186 g/mol. The number of ether oxygens (including phenoxy) is 1. The maximum atomic E-state index is 8.56. The maximum Gasteiger partial charge on any atom is 0.174 e. The van der Waals surface area contributed by atoms with Crippen LogP contribution >= 0.6 is 0 Å². The predicted molar refractivity (Wildman–Crippen MR) is 46.7 cm³/mol. The van der Waals surface area contributed by atoms with Gasteiger partial charge in [-0.05, 0) is 6.92 Å². The van der Waals surface area contributed by atoms with Crippen molar-refractivity contribution in [2.75, 3.05) is 6.61 Å². The minimum Gasteiger partial charge on any atom is -0.490 e. The predicted octanol–water partition coefficient (Wildman–Crippen LogP) is 1.02. The van der Waals surface area contributed by atoms with E-state index in [1.807, 2.05) is 0 Å². The standard InChI is InChI=1S/C9H6N4O/c1-2-14-9(7(3-10)4-11)8(5-12)6-13/h10H,2H2,1H3. The van der Waals surface area contributed by atoms with Gasteiger partial charge in [-0.3, -0.25) is 5.41 Å². The molecule has 0 aliphatic carbocycles. The van der Waals surface area contributed by atoms with Crippen molar-refractivity contribution in [3.8, 4) is 18.2 Å². The quantitative estimate of drug-likeness (QED) is 0.307. The van der Waals surface area contributed by atoms with Crippen molar-refractivity contribution in [1.29, 1.82) is 21.2 Å². The summed E-state index contributed by atoms with van der Waals surface area (Å²) in [6.45, 7) is 1.85. The molecule has 0 aliphatic rings. The van der Waals surface area contributed by atoms with Crippen LogP contribution in [0.2, 0.25) is 0 Å². The number of rotatable bonds is 3. The van der Waals surface area contributed by atoms with Gasteiger partial charge in [-0.1, -0.05) is 0 Å². The molecule has 0 saturated carbocycles. The van der Waals surface area contributed by atoms with E-state index < -0.39 is 0 Å². The largest absolute Gasteiger partial charge is 0.490 e. The van der Waals surface area contributed by atoms with E-state index in [1.54, 1.807) is 31.0 Å². The molecule has 0 fully saturated rings. The normalized spacial score (nSPS) is 7.00. The van der Waals surface area contributed by atoms with Gasteiger partial charge < -0.3 is 4.74 Å². The van der Waals surface area contributed by atoms with E-state index in [-0.39, 0.29) is 23.5 Å². The fraction of sp³-hybridized carbons (Fsp3) is 0.222. The van der Waals surface area contributed by atoms with E-state index >= 15 is 0 Å². The Balaban J connectivity index is 5.52. The van der Waals surface area contributed by atoms with Crippen molar-refractivity contribution >= 4 is 5.87 Å². The summed E-state index contributed by atoms with van der Waals surface area (Å²) in [6, 6.07) is 4.79. The van der Waals surface area contributed by atoms with E-state index in [0.29, 0.717) is 0 Å². The van der Waals surface area contributed by atoms with Gasteiger partial charge in [0.1, 0.15) is 18.2 Å². The third-order valence-corrected chi connectivity index (χ3v) is 1.20. The second-order valence-electron chi connectivity index (χ2n) is 1.97. The lowest BCUT2D eigenvalue weighted by Crippen LogP contribution is -1.99. The molecule has 5 heteroatoms. The minimum atomic E-state index is -0.330. The van der Waals surface area contributed by atoms with Gasteiger partial charge in [0.2, 0.25) is 0 Å². The zero-order valence-corrected chi connectivity index (χ0v) is 7.46. The van der Waals surface area contributed by atoms with E-state index in [9.17, 15) is 0 Å². The Morgan fingerprint density at radius 2 is 1.79 bits per heavy atom. The molecule has 0 radical (unpaired) electrons. The van der Waals surface area contributed by atoms with Gasteiger partial charge in [0.15, 0.2) is 16.9 Å². The molecule has 0 aromatic carbocycles. The minimum absolute atomic E-state index is 0.185. The second kappa shape index (κ2) is 6.03. The van der Waals surface area contributed by atoms with Crippen LogP contribution in [0.4, 0.5) is 0 Å². The molecule has 0 atom stereocenters. The van der Waals surface area contributed by atoms with Crippen molar-refractivity contribution in [1.82, 2.24) is 0 Å². The first kappa shape index (κ1) is 11.5. The molecular formula is C9H6N4O. The molecule has 0 unspecified atom stereocenters. The lowest BCUT2D eigenvalue weighted by atomic mass is 10.1.